The molecule has 0 N–H and O–H groups in total. The number of rotatable bonds is 3. The molecule has 0 radical (unpaired) electrons. The normalized spacial score (nSPS) is 11.2. The Morgan fingerprint density at radius 1 is 1.05 bits per heavy atom. The highest BCUT2D eigenvalue weighted by atomic mass is 15.1. The van der Waals surface area contributed by atoms with Crippen LogP contribution in [0.3, 0.4) is 0 Å². The predicted molar refractivity (Wildman–Crippen MR) is 84.9 cm³/mol. The van der Waals surface area contributed by atoms with E-state index in [2.05, 4.69) is 67.9 Å². The Morgan fingerprint density at radius 2 is 1.80 bits per heavy atom. The van der Waals surface area contributed by atoms with Crippen molar-refractivity contribution in [2.75, 3.05) is 0 Å². The van der Waals surface area contributed by atoms with E-state index in [-0.39, 0.29) is 0 Å². The highest BCUT2D eigenvalue weighted by Crippen LogP contribution is 2.27. The molecule has 0 bridgehead atoms. The second-order valence-electron chi connectivity index (χ2n) is 5.36. The van der Waals surface area contributed by atoms with E-state index in [0.29, 0.717) is 0 Å². The van der Waals surface area contributed by atoms with Crippen LogP contribution in [0.15, 0.2) is 42.5 Å². The average molecular weight is 264 g/mol. The first-order valence-electron chi connectivity index (χ1n) is 7.22. The van der Waals surface area contributed by atoms with Crippen LogP contribution in [0.25, 0.3) is 22.2 Å². The minimum absolute atomic E-state index is 1.03. The van der Waals surface area contributed by atoms with Crippen LogP contribution >= 0.6 is 0 Å². The van der Waals surface area contributed by atoms with E-state index < -0.39 is 0 Å². The molecular weight excluding hydrogens is 244 g/mol. The zero-order valence-corrected chi connectivity index (χ0v) is 12.4. The van der Waals surface area contributed by atoms with E-state index >= 15 is 0 Å². The Kier molecular flexibility index (Phi) is 3.31. The van der Waals surface area contributed by atoms with Gasteiger partial charge >= 0.3 is 0 Å². The average Bonchev–Trinajstić information content (AvgIpc) is 2.78. The summed E-state index contributed by atoms with van der Waals surface area (Å²) in [6.45, 7) is 4.35. The lowest BCUT2D eigenvalue weighted by atomic mass is 10.0. The zero-order valence-electron chi connectivity index (χ0n) is 12.4. The van der Waals surface area contributed by atoms with Gasteiger partial charge in [-0.3, -0.25) is 0 Å². The van der Waals surface area contributed by atoms with Gasteiger partial charge < -0.3 is 4.57 Å². The zero-order chi connectivity index (χ0) is 14.1. The molecule has 0 aliphatic heterocycles. The lowest BCUT2D eigenvalue weighted by molar-refractivity contribution is 0.773. The van der Waals surface area contributed by atoms with E-state index in [9.17, 15) is 0 Å². The third-order valence-electron chi connectivity index (χ3n) is 3.85. The molecule has 3 rings (SSSR count). The molecule has 0 aliphatic carbocycles. The van der Waals surface area contributed by atoms with Crippen LogP contribution in [-0.4, -0.2) is 9.55 Å². The van der Waals surface area contributed by atoms with E-state index in [1.54, 1.807) is 0 Å². The standard InChI is InChI=1S/C18H20N2/c1-4-8-17-19-18-13(2)11-15(12-16(18)20(17)3)14-9-6-5-7-10-14/h5-7,9-12H,4,8H2,1-3H3. The van der Waals surface area contributed by atoms with Gasteiger partial charge in [0.25, 0.3) is 0 Å². The second kappa shape index (κ2) is 5.12. The van der Waals surface area contributed by atoms with Crippen LogP contribution in [0.5, 0.6) is 0 Å². The number of aryl methyl sites for hydroxylation is 3. The van der Waals surface area contributed by atoms with Crippen molar-refractivity contribution in [3.8, 4) is 11.1 Å². The van der Waals surface area contributed by atoms with Crippen molar-refractivity contribution in [2.24, 2.45) is 7.05 Å². The first kappa shape index (κ1) is 12.9. The number of imidazole rings is 1. The number of hydrogen-bond donors (Lipinski definition) is 0. The van der Waals surface area contributed by atoms with Crippen molar-refractivity contribution in [1.29, 1.82) is 0 Å². The van der Waals surface area contributed by atoms with Gasteiger partial charge in [0.1, 0.15) is 5.82 Å². The minimum Gasteiger partial charge on any atom is -0.331 e. The molecule has 2 nitrogen and oxygen atoms in total. The van der Waals surface area contributed by atoms with Gasteiger partial charge in [0.05, 0.1) is 11.0 Å². The third-order valence-corrected chi connectivity index (χ3v) is 3.85. The molecule has 0 saturated carbocycles. The van der Waals surface area contributed by atoms with Gasteiger partial charge in [-0.1, -0.05) is 37.3 Å². The van der Waals surface area contributed by atoms with Crippen LogP contribution in [-0.2, 0) is 13.5 Å². The Balaban J connectivity index is 2.21. The monoisotopic (exact) mass is 264 g/mol. The van der Waals surface area contributed by atoms with Crippen molar-refractivity contribution >= 4 is 11.0 Å². The van der Waals surface area contributed by atoms with Crippen molar-refractivity contribution < 1.29 is 0 Å². The first-order valence-corrected chi connectivity index (χ1v) is 7.22. The van der Waals surface area contributed by atoms with Gasteiger partial charge in [-0.2, -0.15) is 0 Å². The van der Waals surface area contributed by atoms with Crippen LogP contribution in [0.1, 0.15) is 24.7 Å². The number of benzene rings is 2. The number of fused-ring (bicyclic) bond motifs is 1. The van der Waals surface area contributed by atoms with Gasteiger partial charge in [0.15, 0.2) is 0 Å². The van der Waals surface area contributed by atoms with E-state index in [1.807, 2.05) is 0 Å². The Morgan fingerprint density at radius 3 is 2.50 bits per heavy atom. The molecule has 0 atom stereocenters. The molecule has 102 valence electrons. The summed E-state index contributed by atoms with van der Waals surface area (Å²) in [6.07, 6.45) is 2.16. The van der Waals surface area contributed by atoms with Crippen molar-refractivity contribution in [3.63, 3.8) is 0 Å². The fraction of sp³-hybridized carbons (Fsp3) is 0.278. The van der Waals surface area contributed by atoms with Gasteiger partial charge in [0.2, 0.25) is 0 Å². The molecule has 2 heteroatoms. The number of nitrogens with zero attached hydrogens (tertiary/aromatic N) is 2. The van der Waals surface area contributed by atoms with E-state index in [1.165, 1.54) is 28.0 Å². The van der Waals surface area contributed by atoms with E-state index in [4.69, 9.17) is 4.98 Å². The predicted octanol–water partition coefficient (Wildman–Crippen LogP) is 4.50. The molecule has 20 heavy (non-hydrogen) atoms. The molecule has 2 aromatic carbocycles. The number of aromatic nitrogens is 2. The highest BCUT2D eigenvalue weighted by molar-refractivity contribution is 5.85. The third kappa shape index (κ3) is 2.11. The molecule has 0 spiro atoms. The minimum atomic E-state index is 1.03. The summed E-state index contributed by atoms with van der Waals surface area (Å²) < 4.78 is 2.23. The summed E-state index contributed by atoms with van der Waals surface area (Å²) in [7, 11) is 2.12. The second-order valence-corrected chi connectivity index (χ2v) is 5.36. The maximum Gasteiger partial charge on any atom is 0.109 e. The molecule has 0 amide bonds. The quantitative estimate of drug-likeness (QED) is 0.681. The highest BCUT2D eigenvalue weighted by Gasteiger charge is 2.11. The Bertz CT molecular complexity index is 739. The maximum absolute atomic E-state index is 4.80. The molecule has 0 fully saturated rings. The molecule has 0 unspecified atom stereocenters. The Hall–Kier alpha value is -2.09. The molecular formula is C18H20N2. The van der Waals surface area contributed by atoms with Crippen LogP contribution in [0.4, 0.5) is 0 Å². The summed E-state index contributed by atoms with van der Waals surface area (Å²) in [5.41, 5.74) is 6.14. The van der Waals surface area contributed by atoms with Gasteiger partial charge in [-0.05, 0) is 42.2 Å². The fourth-order valence-electron chi connectivity index (χ4n) is 2.75. The first-order chi connectivity index (χ1) is 9.70. The van der Waals surface area contributed by atoms with E-state index in [0.717, 1.165) is 18.4 Å². The summed E-state index contributed by atoms with van der Waals surface area (Å²) in [5, 5.41) is 0. The van der Waals surface area contributed by atoms with Crippen LogP contribution in [0.2, 0.25) is 0 Å². The van der Waals surface area contributed by atoms with Crippen molar-refractivity contribution in [3.05, 3.63) is 53.9 Å². The Labute approximate surface area is 120 Å². The summed E-state index contributed by atoms with van der Waals surface area (Å²) in [4.78, 5) is 4.80. The molecule has 0 aliphatic rings. The fourth-order valence-corrected chi connectivity index (χ4v) is 2.75. The maximum atomic E-state index is 4.80. The van der Waals surface area contributed by atoms with Gasteiger partial charge in [0, 0.05) is 13.5 Å². The summed E-state index contributed by atoms with van der Waals surface area (Å²) in [6, 6.07) is 15.0. The van der Waals surface area contributed by atoms with Gasteiger partial charge in [-0.25, -0.2) is 4.98 Å². The summed E-state index contributed by atoms with van der Waals surface area (Å²) in [5.74, 6) is 1.18. The lowest BCUT2D eigenvalue weighted by Crippen LogP contribution is -1.96. The largest absolute Gasteiger partial charge is 0.331 e. The molecule has 0 saturated heterocycles. The van der Waals surface area contributed by atoms with Crippen LogP contribution in [0, 0.1) is 6.92 Å². The smallest absolute Gasteiger partial charge is 0.109 e. The molecule has 1 heterocycles. The lowest BCUT2D eigenvalue weighted by Gasteiger charge is -2.05. The van der Waals surface area contributed by atoms with Crippen molar-refractivity contribution in [2.45, 2.75) is 26.7 Å². The SMILES string of the molecule is CCCc1nc2c(C)cc(-c3ccccc3)cc2n1C. The van der Waals surface area contributed by atoms with Crippen molar-refractivity contribution in [1.82, 2.24) is 9.55 Å². The molecule has 1 aromatic heterocycles. The van der Waals surface area contributed by atoms with Crippen LogP contribution < -0.4 is 0 Å². The molecule has 3 aromatic rings. The number of hydrogen-bond acceptors (Lipinski definition) is 1. The topological polar surface area (TPSA) is 17.8 Å². The summed E-state index contributed by atoms with van der Waals surface area (Å²) >= 11 is 0. The van der Waals surface area contributed by atoms with Gasteiger partial charge in [-0.15, -0.1) is 0 Å².